The molecule has 0 spiro atoms. The molecule has 0 saturated heterocycles. The highest BCUT2D eigenvalue weighted by atomic mass is 79.9. The van der Waals surface area contributed by atoms with Crippen molar-refractivity contribution in [2.24, 2.45) is 0 Å². The number of hydrogen-bond acceptors (Lipinski definition) is 3. The lowest BCUT2D eigenvalue weighted by molar-refractivity contribution is -0.119. The van der Waals surface area contributed by atoms with Crippen LogP contribution in [0, 0.1) is 11.6 Å². The lowest BCUT2D eigenvalue weighted by Gasteiger charge is -2.09. The van der Waals surface area contributed by atoms with Crippen LogP contribution < -0.4 is 5.32 Å². The molecule has 0 bridgehead atoms. The molecule has 0 atom stereocenters. The molecular formula is C15H9BrClF2NO3. The molecule has 0 saturated carbocycles. The normalized spacial score (nSPS) is 10.3. The van der Waals surface area contributed by atoms with Crippen LogP contribution in [-0.2, 0) is 9.53 Å². The number of esters is 1. The van der Waals surface area contributed by atoms with E-state index >= 15 is 0 Å². The fourth-order valence-corrected chi connectivity index (χ4v) is 2.21. The predicted molar refractivity (Wildman–Crippen MR) is 84.4 cm³/mol. The fourth-order valence-electron chi connectivity index (χ4n) is 1.66. The Morgan fingerprint density at radius 1 is 1.17 bits per heavy atom. The van der Waals surface area contributed by atoms with Gasteiger partial charge in [-0.05, 0) is 30.3 Å². The summed E-state index contributed by atoms with van der Waals surface area (Å²) in [6, 6.07) is 7.69. The fraction of sp³-hybridized carbons (Fsp3) is 0.0667. The number of hydrogen-bond donors (Lipinski definition) is 1. The molecule has 2 rings (SSSR count). The largest absolute Gasteiger partial charge is 0.452 e. The Balaban J connectivity index is 1.99. The maximum Gasteiger partial charge on any atom is 0.340 e. The van der Waals surface area contributed by atoms with Gasteiger partial charge in [0, 0.05) is 4.47 Å². The minimum atomic E-state index is -0.931. The van der Waals surface area contributed by atoms with Crippen molar-refractivity contribution in [2.45, 2.75) is 0 Å². The summed E-state index contributed by atoms with van der Waals surface area (Å²) in [5.41, 5.74) is -0.542. The average molecular weight is 405 g/mol. The van der Waals surface area contributed by atoms with E-state index in [1.807, 2.05) is 5.32 Å². The van der Waals surface area contributed by atoms with Gasteiger partial charge in [-0.15, -0.1) is 0 Å². The Bertz CT molecular complexity index is 750. The summed E-state index contributed by atoms with van der Waals surface area (Å²) >= 11 is 9.03. The van der Waals surface area contributed by atoms with Crippen molar-refractivity contribution in [3.8, 4) is 0 Å². The monoisotopic (exact) mass is 403 g/mol. The van der Waals surface area contributed by atoms with Crippen molar-refractivity contribution in [3.05, 3.63) is 63.1 Å². The lowest BCUT2D eigenvalue weighted by atomic mass is 10.2. The molecule has 0 radical (unpaired) electrons. The second-order valence-electron chi connectivity index (χ2n) is 4.35. The molecule has 0 fully saturated rings. The molecule has 0 aromatic heterocycles. The van der Waals surface area contributed by atoms with Crippen LogP contribution in [-0.4, -0.2) is 18.5 Å². The SMILES string of the molecule is O=C(COC(=O)c1cc(Br)ccc1Cl)Nc1c(F)cccc1F. The zero-order chi connectivity index (χ0) is 17.0. The molecule has 8 heteroatoms. The molecule has 2 aromatic rings. The van der Waals surface area contributed by atoms with Crippen LogP contribution >= 0.6 is 27.5 Å². The number of benzene rings is 2. The molecular weight excluding hydrogens is 396 g/mol. The van der Waals surface area contributed by atoms with E-state index in [1.165, 1.54) is 12.1 Å². The highest BCUT2D eigenvalue weighted by Gasteiger charge is 2.16. The van der Waals surface area contributed by atoms with Gasteiger partial charge in [-0.25, -0.2) is 13.6 Å². The van der Waals surface area contributed by atoms with Gasteiger partial charge in [0.15, 0.2) is 6.61 Å². The summed E-state index contributed by atoms with van der Waals surface area (Å²) in [5.74, 6) is -3.58. The maximum absolute atomic E-state index is 13.4. The molecule has 0 aliphatic heterocycles. The van der Waals surface area contributed by atoms with Gasteiger partial charge < -0.3 is 10.1 Å². The number of carbonyl (C=O) groups is 2. The Kier molecular flexibility index (Phi) is 5.68. The van der Waals surface area contributed by atoms with Gasteiger partial charge >= 0.3 is 5.97 Å². The van der Waals surface area contributed by atoms with Gasteiger partial charge in [0.25, 0.3) is 5.91 Å². The molecule has 0 aliphatic carbocycles. The van der Waals surface area contributed by atoms with Crippen LogP contribution in [0.3, 0.4) is 0 Å². The third-order valence-corrected chi connectivity index (χ3v) is 3.53. The minimum absolute atomic E-state index is 0.0610. The standard InChI is InChI=1S/C15H9BrClF2NO3/c16-8-4-5-10(17)9(6-8)15(22)23-7-13(21)20-14-11(18)2-1-3-12(14)19/h1-6H,7H2,(H,20,21). The zero-order valence-electron chi connectivity index (χ0n) is 11.4. The number of nitrogens with one attached hydrogen (secondary N) is 1. The summed E-state index contributed by atoms with van der Waals surface area (Å²) in [4.78, 5) is 23.5. The Morgan fingerprint density at radius 3 is 2.48 bits per heavy atom. The van der Waals surface area contributed by atoms with E-state index in [2.05, 4.69) is 15.9 Å². The average Bonchev–Trinajstić information content (AvgIpc) is 2.51. The first-order chi connectivity index (χ1) is 10.9. The molecule has 1 amide bonds. The summed E-state index contributed by atoms with van der Waals surface area (Å²) < 4.78 is 32.2. The van der Waals surface area contributed by atoms with E-state index in [0.717, 1.165) is 18.2 Å². The van der Waals surface area contributed by atoms with Crippen molar-refractivity contribution in [2.75, 3.05) is 11.9 Å². The summed E-state index contributed by atoms with van der Waals surface area (Å²) in [6.07, 6.45) is 0. The second-order valence-corrected chi connectivity index (χ2v) is 5.67. The molecule has 120 valence electrons. The van der Waals surface area contributed by atoms with Crippen molar-refractivity contribution in [3.63, 3.8) is 0 Å². The van der Waals surface area contributed by atoms with E-state index < -0.39 is 35.8 Å². The summed E-state index contributed by atoms with van der Waals surface area (Å²) in [7, 11) is 0. The van der Waals surface area contributed by atoms with Gasteiger partial charge in [-0.2, -0.15) is 0 Å². The molecule has 23 heavy (non-hydrogen) atoms. The number of carbonyl (C=O) groups excluding carboxylic acids is 2. The van der Waals surface area contributed by atoms with Crippen LogP contribution in [0.5, 0.6) is 0 Å². The van der Waals surface area contributed by atoms with Crippen LogP contribution in [0.25, 0.3) is 0 Å². The van der Waals surface area contributed by atoms with Crippen molar-refractivity contribution in [1.82, 2.24) is 0 Å². The highest BCUT2D eigenvalue weighted by molar-refractivity contribution is 9.10. The van der Waals surface area contributed by atoms with Gasteiger partial charge in [0.2, 0.25) is 0 Å². The predicted octanol–water partition coefficient (Wildman–Crippen LogP) is 4.18. The number of halogens is 4. The second kappa shape index (κ2) is 7.52. The minimum Gasteiger partial charge on any atom is -0.452 e. The quantitative estimate of drug-likeness (QED) is 0.778. The molecule has 0 aliphatic rings. The van der Waals surface area contributed by atoms with Gasteiger partial charge in [-0.1, -0.05) is 33.6 Å². The van der Waals surface area contributed by atoms with E-state index in [9.17, 15) is 18.4 Å². The molecule has 1 N–H and O–H groups in total. The Hall–Kier alpha value is -1.99. The van der Waals surface area contributed by atoms with Crippen LogP contribution in [0.2, 0.25) is 5.02 Å². The van der Waals surface area contributed by atoms with Gasteiger partial charge in [0.1, 0.15) is 17.3 Å². The van der Waals surface area contributed by atoms with E-state index in [0.29, 0.717) is 4.47 Å². The lowest BCUT2D eigenvalue weighted by Crippen LogP contribution is -2.22. The molecule has 2 aromatic carbocycles. The Morgan fingerprint density at radius 2 is 1.83 bits per heavy atom. The first-order valence-electron chi connectivity index (χ1n) is 6.24. The van der Waals surface area contributed by atoms with Gasteiger partial charge in [0.05, 0.1) is 10.6 Å². The molecule has 4 nitrogen and oxygen atoms in total. The summed E-state index contributed by atoms with van der Waals surface area (Å²) in [5, 5.41) is 2.15. The third kappa shape index (κ3) is 4.49. The topological polar surface area (TPSA) is 55.4 Å². The highest BCUT2D eigenvalue weighted by Crippen LogP contribution is 2.22. The molecule has 0 heterocycles. The number of ether oxygens (including phenoxy) is 1. The third-order valence-electron chi connectivity index (χ3n) is 2.71. The van der Waals surface area contributed by atoms with Crippen molar-refractivity contribution in [1.29, 1.82) is 0 Å². The molecule has 0 unspecified atom stereocenters. The van der Waals surface area contributed by atoms with Crippen LogP contribution in [0.4, 0.5) is 14.5 Å². The number of anilines is 1. The van der Waals surface area contributed by atoms with E-state index in [-0.39, 0.29) is 10.6 Å². The van der Waals surface area contributed by atoms with E-state index in [1.54, 1.807) is 6.07 Å². The van der Waals surface area contributed by atoms with Gasteiger partial charge in [-0.3, -0.25) is 4.79 Å². The first kappa shape index (κ1) is 17.4. The Labute approximate surface area is 143 Å². The van der Waals surface area contributed by atoms with Crippen molar-refractivity contribution >= 4 is 45.1 Å². The van der Waals surface area contributed by atoms with E-state index in [4.69, 9.17) is 16.3 Å². The maximum atomic E-state index is 13.4. The number of rotatable bonds is 4. The zero-order valence-corrected chi connectivity index (χ0v) is 13.7. The summed E-state index contributed by atoms with van der Waals surface area (Å²) in [6.45, 7) is -0.713. The number of amides is 1. The van der Waals surface area contributed by atoms with Crippen LogP contribution in [0.1, 0.15) is 10.4 Å². The number of para-hydroxylation sites is 1. The van der Waals surface area contributed by atoms with Crippen molar-refractivity contribution < 1.29 is 23.1 Å². The van der Waals surface area contributed by atoms with Crippen LogP contribution in [0.15, 0.2) is 40.9 Å². The first-order valence-corrected chi connectivity index (χ1v) is 7.41. The smallest absolute Gasteiger partial charge is 0.340 e.